The highest BCUT2D eigenvalue weighted by Gasteiger charge is 2.18. The number of Topliss-reactive ketones (excluding diaryl/α,β-unsaturated/α-hetero) is 1. The largest absolute Gasteiger partial charge is 0.295 e. The van der Waals surface area contributed by atoms with Crippen LogP contribution in [0.15, 0.2) is 34.5 Å². The third-order valence-electron chi connectivity index (χ3n) is 2.64. The fourth-order valence-corrected chi connectivity index (χ4v) is 4.31. The van der Waals surface area contributed by atoms with E-state index in [1.807, 2.05) is 0 Å². The number of thiophene rings is 1. The van der Waals surface area contributed by atoms with Gasteiger partial charge < -0.3 is 0 Å². The van der Waals surface area contributed by atoms with Crippen LogP contribution < -0.4 is 4.72 Å². The Labute approximate surface area is 126 Å². The van der Waals surface area contributed by atoms with Crippen molar-refractivity contribution in [1.82, 2.24) is 0 Å². The van der Waals surface area contributed by atoms with Gasteiger partial charge in [0.25, 0.3) is 10.0 Å². The van der Waals surface area contributed by atoms with Crippen molar-refractivity contribution in [3.8, 4) is 0 Å². The third-order valence-corrected chi connectivity index (χ3v) is 6.05. The molecule has 4 nitrogen and oxygen atoms in total. The van der Waals surface area contributed by atoms with E-state index >= 15 is 0 Å². The summed E-state index contributed by atoms with van der Waals surface area (Å²) < 4.78 is 27.4. The van der Waals surface area contributed by atoms with Gasteiger partial charge in [-0.1, -0.05) is 11.6 Å². The first-order chi connectivity index (χ1) is 9.29. The summed E-state index contributed by atoms with van der Waals surface area (Å²) >= 11 is 6.89. The lowest BCUT2D eigenvalue weighted by Crippen LogP contribution is -2.11. The molecule has 1 heterocycles. The summed E-state index contributed by atoms with van der Waals surface area (Å²) in [6.07, 6.45) is 0. The molecule has 0 saturated carbocycles. The fraction of sp³-hybridized carbons (Fsp3) is 0.154. The maximum atomic E-state index is 12.2. The predicted molar refractivity (Wildman–Crippen MR) is 81.3 cm³/mol. The molecule has 106 valence electrons. The highest BCUT2D eigenvalue weighted by molar-refractivity contribution is 7.94. The van der Waals surface area contributed by atoms with E-state index in [1.165, 1.54) is 13.0 Å². The average Bonchev–Trinajstić information content (AvgIpc) is 2.71. The number of aryl methyl sites for hydroxylation is 1. The Bertz CT molecular complexity index is 729. The first-order valence-corrected chi connectivity index (χ1v) is 8.37. The molecule has 2 rings (SSSR count). The molecule has 0 unspecified atom stereocenters. The number of ketones is 1. The van der Waals surface area contributed by atoms with E-state index in [-0.39, 0.29) is 9.99 Å². The van der Waals surface area contributed by atoms with Crippen molar-refractivity contribution in [1.29, 1.82) is 0 Å². The van der Waals surface area contributed by atoms with E-state index in [2.05, 4.69) is 4.72 Å². The minimum atomic E-state index is -3.65. The molecule has 0 spiro atoms. The van der Waals surface area contributed by atoms with Crippen LogP contribution in [0.3, 0.4) is 0 Å². The van der Waals surface area contributed by atoms with Crippen molar-refractivity contribution in [2.75, 3.05) is 4.72 Å². The molecule has 0 bridgehead atoms. The van der Waals surface area contributed by atoms with Gasteiger partial charge in [-0.15, -0.1) is 11.3 Å². The number of hydrogen-bond donors (Lipinski definition) is 1. The van der Waals surface area contributed by atoms with Gasteiger partial charge in [0.05, 0.1) is 4.34 Å². The lowest BCUT2D eigenvalue weighted by Gasteiger charge is -2.06. The van der Waals surface area contributed by atoms with Crippen LogP contribution in [0.5, 0.6) is 0 Å². The molecular weight excluding hydrogens is 318 g/mol. The molecule has 0 saturated heterocycles. The molecule has 1 aromatic carbocycles. The molecular formula is C13H12ClNO3S2. The van der Waals surface area contributed by atoms with Crippen molar-refractivity contribution >= 4 is 44.4 Å². The first kappa shape index (κ1) is 15.0. The number of carbonyl (C=O) groups is 1. The van der Waals surface area contributed by atoms with Gasteiger partial charge in [0.2, 0.25) is 0 Å². The Balaban J connectivity index is 2.26. The summed E-state index contributed by atoms with van der Waals surface area (Å²) in [5.74, 6) is -0.0694. The summed E-state index contributed by atoms with van der Waals surface area (Å²) in [5, 5.41) is 0. The molecule has 2 aromatic rings. The molecule has 0 aliphatic heterocycles. The average molecular weight is 330 g/mol. The van der Waals surface area contributed by atoms with Crippen molar-refractivity contribution in [2.45, 2.75) is 18.1 Å². The molecule has 0 aliphatic carbocycles. The predicted octanol–water partition coefficient (Wildman–Crippen LogP) is 3.71. The van der Waals surface area contributed by atoms with E-state index in [0.717, 1.165) is 16.9 Å². The van der Waals surface area contributed by atoms with Gasteiger partial charge in [0, 0.05) is 11.3 Å². The van der Waals surface area contributed by atoms with Crippen LogP contribution in [-0.2, 0) is 10.0 Å². The minimum absolute atomic E-state index is 0.0694. The topological polar surface area (TPSA) is 63.2 Å². The van der Waals surface area contributed by atoms with Gasteiger partial charge in [-0.05, 0) is 49.7 Å². The summed E-state index contributed by atoms with van der Waals surface area (Å²) in [7, 11) is -3.65. The monoisotopic (exact) mass is 329 g/mol. The van der Waals surface area contributed by atoms with Crippen LogP contribution in [0.1, 0.15) is 22.8 Å². The number of anilines is 1. The second-order valence-corrected chi connectivity index (χ2v) is 7.82. The van der Waals surface area contributed by atoms with E-state index < -0.39 is 10.0 Å². The lowest BCUT2D eigenvalue weighted by molar-refractivity contribution is 0.101. The second kappa shape index (κ2) is 5.55. The van der Waals surface area contributed by atoms with Crippen LogP contribution >= 0.6 is 22.9 Å². The Morgan fingerprint density at radius 2 is 1.85 bits per heavy atom. The Hall–Kier alpha value is -1.37. The summed E-state index contributed by atoms with van der Waals surface area (Å²) in [4.78, 5) is 11.2. The maximum absolute atomic E-state index is 12.2. The molecule has 20 heavy (non-hydrogen) atoms. The Morgan fingerprint density at radius 3 is 2.30 bits per heavy atom. The molecule has 0 atom stereocenters. The molecule has 7 heteroatoms. The van der Waals surface area contributed by atoms with Crippen LogP contribution in [0, 0.1) is 6.92 Å². The van der Waals surface area contributed by atoms with Crippen molar-refractivity contribution in [3.63, 3.8) is 0 Å². The van der Waals surface area contributed by atoms with Crippen molar-refractivity contribution < 1.29 is 13.2 Å². The zero-order chi connectivity index (χ0) is 14.9. The fourth-order valence-electron chi connectivity index (χ4n) is 1.54. The third kappa shape index (κ3) is 3.20. The standard InChI is InChI=1S/C13H12ClNO3S2/c1-8-7-12(19-13(8)14)20(17,18)15-11-5-3-10(4-6-11)9(2)16/h3-7,15H,1-2H3. The first-order valence-electron chi connectivity index (χ1n) is 5.69. The van der Waals surface area contributed by atoms with Gasteiger partial charge in [0.1, 0.15) is 4.21 Å². The van der Waals surface area contributed by atoms with E-state index in [4.69, 9.17) is 11.6 Å². The summed E-state index contributed by atoms with van der Waals surface area (Å²) in [6, 6.07) is 7.78. The van der Waals surface area contributed by atoms with Gasteiger partial charge in [-0.2, -0.15) is 0 Å². The normalized spacial score (nSPS) is 11.3. The lowest BCUT2D eigenvalue weighted by atomic mass is 10.1. The quantitative estimate of drug-likeness (QED) is 0.870. The van der Waals surface area contributed by atoms with Crippen LogP contribution in [0.4, 0.5) is 5.69 Å². The van der Waals surface area contributed by atoms with Gasteiger partial charge >= 0.3 is 0 Å². The van der Waals surface area contributed by atoms with Crippen molar-refractivity contribution in [2.24, 2.45) is 0 Å². The van der Waals surface area contributed by atoms with Crippen LogP contribution in [0.2, 0.25) is 4.34 Å². The molecule has 1 aromatic heterocycles. The summed E-state index contributed by atoms with van der Waals surface area (Å²) in [6.45, 7) is 3.20. The van der Waals surface area contributed by atoms with Gasteiger partial charge in [0.15, 0.2) is 5.78 Å². The minimum Gasteiger partial charge on any atom is -0.295 e. The molecule has 0 aliphatic rings. The van der Waals surface area contributed by atoms with Crippen molar-refractivity contribution in [3.05, 3.63) is 45.8 Å². The second-order valence-electron chi connectivity index (χ2n) is 4.26. The van der Waals surface area contributed by atoms with E-state index in [0.29, 0.717) is 15.6 Å². The molecule has 0 radical (unpaired) electrons. The zero-order valence-electron chi connectivity index (χ0n) is 10.8. The highest BCUT2D eigenvalue weighted by atomic mass is 35.5. The smallest absolute Gasteiger partial charge is 0.271 e. The number of rotatable bonds is 4. The number of hydrogen-bond acceptors (Lipinski definition) is 4. The highest BCUT2D eigenvalue weighted by Crippen LogP contribution is 2.31. The molecule has 1 N–H and O–H groups in total. The van der Waals surface area contributed by atoms with Crippen LogP contribution in [-0.4, -0.2) is 14.2 Å². The van der Waals surface area contributed by atoms with E-state index in [9.17, 15) is 13.2 Å². The number of carbonyl (C=O) groups excluding carboxylic acids is 1. The Morgan fingerprint density at radius 1 is 1.25 bits per heavy atom. The maximum Gasteiger partial charge on any atom is 0.271 e. The SMILES string of the molecule is CC(=O)c1ccc(NS(=O)(=O)c2cc(C)c(Cl)s2)cc1. The number of benzene rings is 1. The van der Waals surface area contributed by atoms with E-state index in [1.54, 1.807) is 31.2 Å². The number of sulfonamides is 1. The molecule has 0 amide bonds. The number of nitrogens with one attached hydrogen (secondary N) is 1. The van der Waals surface area contributed by atoms with Gasteiger partial charge in [-0.3, -0.25) is 9.52 Å². The van der Waals surface area contributed by atoms with Crippen LogP contribution in [0.25, 0.3) is 0 Å². The molecule has 0 fully saturated rings. The zero-order valence-corrected chi connectivity index (χ0v) is 13.2. The van der Waals surface area contributed by atoms with Gasteiger partial charge in [-0.25, -0.2) is 8.42 Å². The Kier molecular flexibility index (Phi) is 4.17. The summed E-state index contributed by atoms with van der Waals surface area (Å²) in [5.41, 5.74) is 1.66. The number of halogens is 1.